The number of aryl methyl sites for hydroxylation is 1. The van der Waals surface area contributed by atoms with Gasteiger partial charge >= 0.3 is 0 Å². The van der Waals surface area contributed by atoms with Crippen LogP contribution in [0.4, 0.5) is 10.1 Å². The monoisotopic (exact) mass is 454 g/mol. The molecule has 1 aromatic heterocycles. The molecule has 0 unspecified atom stereocenters. The first-order valence-electron chi connectivity index (χ1n) is 8.99. The molecule has 3 aromatic rings. The van der Waals surface area contributed by atoms with Gasteiger partial charge in [0.25, 0.3) is 5.91 Å². The van der Waals surface area contributed by atoms with Crippen molar-refractivity contribution in [2.45, 2.75) is 25.7 Å². The normalized spacial score (nSPS) is 11.9. The van der Waals surface area contributed by atoms with Crippen LogP contribution in [0.5, 0.6) is 0 Å². The first kappa shape index (κ1) is 21.7. The maximum absolute atomic E-state index is 14.1. The number of fused-ring (bicyclic) bond motifs is 1. The van der Waals surface area contributed by atoms with E-state index in [0.717, 1.165) is 0 Å². The van der Waals surface area contributed by atoms with Gasteiger partial charge in [0, 0.05) is 23.2 Å². The van der Waals surface area contributed by atoms with Crippen molar-refractivity contribution in [2.24, 2.45) is 0 Å². The lowest BCUT2D eigenvalue weighted by molar-refractivity contribution is 0.103. The molecule has 1 amide bonds. The highest BCUT2D eigenvalue weighted by Gasteiger charge is 2.24. The average molecular weight is 455 g/mol. The number of hydrogen-bond acceptors (Lipinski definition) is 4. The van der Waals surface area contributed by atoms with E-state index >= 15 is 0 Å². The molecule has 5 nitrogen and oxygen atoms in total. The minimum absolute atomic E-state index is 0.0417. The van der Waals surface area contributed by atoms with Gasteiger partial charge in [-0.15, -0.1) is 11.3 Å². The molecule has 1 heterocycles. The fraction of sp³-hybridized carbons (Fsp3) is 0.250. The number of carbonyl (C=O) groups excluding carboxylic acids is 1. The number of anilines is 1. The summed E-state index contributed by atoms with van der Waals surface area (Å²) in [5, 5.41) is 3.29. The van der Waals surface area contributed by atoms with Gasteiger partial charge in [-0.2, -0.15) is 4.31 Å². The van der Waals surface area contributed by atoms with Gasteiger partial charge in [-0.1, -0.05) is 31.5 Å². The first-order chi connectivity index (χ1) is 13.7. The summed E-state index contributed by atoms with van der Waals surface area (Å²) < 4.78 is 41.6. The van der Waals surface area contributed by atoms with Gasteiger partial charge in [0.2, 0.25) is 10.0 Å². The number of rotatable bonds is 6. The van der Waals surface area contributed by atoms with Crippen molar-refractivity contribution in [1.29, 1.82) is 0 Å². The predicted octanol–water partition coefficient (Wildman–Crippen LogP) is 5.29. The molecule has 0 aliphatic carbocycles. The summed E-state index contributed by atoms with van der Waals surface area (Å²) in [6, 6.07) is 8.88. The number of nitrogens with one attached hydrogen (secondary N) is 1. The number of halogens is 2. The average Bonchev–Trinajstić information content (AvgIpc) is 3.02. The van der Waals surface area contributed by atoms with Crippen molar-refractivity contribution in [3.05, 3.63) is 57.7 Å². The number of amides is 1. The number of nitrogens with zero attached hydrogens (tertiary/aromatic N) is 1. The highest BCUT2D eigenvalue weighted by atomic mass is 35.5. The van der Waals surface area contributed by atoms with Crippen molar-refractivity contribution < 1.29 is 17.6 Å². The fourth-order valence-corrected chi connectivity index (χ4v) is 5.89. The van der Waals surface area contributed by atoms with E-state index in [9.17, 15) is 17.6 Å². The lowest BCUT2D eigenvalue weighted by Gasteiger charge is -2.19. The van der Waals surface area contributed by atoms with E-state index in [4.69, 9.17) is 11.6 Å². The molecule has 154 valence electrons. The van der Waals surface area contributed by atoms with Gasteiger partial charge in [-0.05, 0) is 42.8 Å². The van der Waals surface area contributed by atoms with Gasteiger partial charge < -0.3 is 5.32 Å². The standard InChI is InChI=1S/C20H20ClFN2O3S2/c1-4-24(5-2)29(26,27)13-9-10-14(21)16(11-13)23-20(25)19-12(3)18-15(22)7-6-8-17(18)28-19/h6-11H,4-5H2,1-3H3,(H,23,25). The topological polar surface area (TPSA) is 66.5 Å². The van der Waals surface area contributed by atoms with Gasteiger partial charge in [0.05, 0.1) is 20.5 Å². The van der Waals surface area contributed by atoms with Crippen molar-refractivity contribution >= 4 is 54.6 Å². The molecule has 3 rings (SSSR count). The lowest BCUT2D eigenvalue weighted by atomic mass is 10.1. The van der Waals surface area contributed by atoms with Crippen LogP contribution in [-0.2, 0) is 10.0 Å². The molecule has 9 heteroatoms. The molecule has 0 saturated heterocycles. The lowest BCUT2D eigenvalue weighted by Crippen LogP contribution is -2.30. The summed E-state index contributed by atoms with van der Waals surface area (Å²) in [6.07, 6.45) is 0. The number of benzene rings is 2. The quantitative estimate of drug-likeness (QED) is 0.550. The Labute approximate surface area is 178 Å². The van der Waals surface area contributed by atoms with Crippen LogP contribution in [0.15, 0.2) is 41.3 Å². The van der Waals surface area contributed by atoms with Crippen LogP contribution in [0.25, 0.3) is 10.1 Å². The first-order valence-corrected chi connectivity index (χ1v) is 11.6. The number of thiophene rings is 1. The van der Waals surface area contributed by atoms with E-state index < -0.39 is 15.9 Å². The zero-order valence-corrected chi connectivity index (χ0v) is 18.5. The van der Waals surface area contributed by atoms with Crippen LogP contribution in [0, 0.1) is 12.7 Å². The van der Waals surface area contributed by atoms with Crippen molar-refractivity contribution in [2.75, 3.05) is 18.4 Å². The molecule has 0 atom stereocenters. The minimum atomic E-state index is -3.70. The summed E-state index contributed by atoms with van der Waals surface area (Å²) in [5.74, 6) is -0.858. The highest BCUT2D eigenvalue weighted by Crippen LogP contribution is 2.34. The Balaban J connectivity index is 1.98. The van der Waals surface area contributed by atoms with E-state index in [-0.39, 0.29) is 21.4 Å². The summed E-state index contributed by atoms with van der Waals surface area (Å²) in [4.78, 5) is 13.2. The van der Waals surface area contributed by atoms with Gasteiger partial charge in [0.15, 0.2) is 0 Å². The van der Waals surface area contributed by atoms with Crippen LogP contribution in [0.3, 0.4) is 0 Å². The summed E-state index contributed by atoms with van der Waals surface area (Å²) in [5.41, 5.74) is 0.714. The Morgan fingerprint density at radius 3 is 2.52 bits per heavy atom. The van der Waals surface area contributed by atoms with Crippen LogP contribution in [0.2, 0.25) is 5.02 Å². The molecular formula is C20H20ClFN2O3S2. The Kier molecular flexibility index (Phi) is 6.28. The Morgan fingerprint density at radius 2 is 1.90 bits per heavy atom. The largest absolute Gasteiger partial charge is 0.320 e. The molecule has 29 heavy (non-hydrogen) atoms. The third-order valence-electron chi connectivity index (χ3n) is 4.64. The molecule has 2 aromatic carbocycles. The maximum Gasteiger partial charge on any atom is 0.266 e. The second-order valence-corrected chi connectivity index (χ2v) is 9.75. The third-order valence-corrected chi connectivity index (χ3v) is 8.27. The van der Waals surface area contributed by atoms with Crippen LogP contribution >= 0.6 is 22.9 Å². The molecular weight excluding hydrogens is 435 g/mol. The van der Waals surface area contributed by atoms with E-state index in [0.29, 0.717) is 33.6 Å². The summed E-state index contributed by atoms with van der Waals surface area (Å²) >= 11 is 7.36. The smallest absolute Gasteiger partial charge is 0.266 e. The minimum Gasteiger partial charge on any atom is -0.320 e. The second kappa shape index (κ2) is 8.39. The predicted molar refractivity (Wildman–Crippen MR) is 116 cm³/mol. The SMILES string of the molecule is CCN(CC)S(=O)(=O)c1ccc(Cl)c(NC(=O)c2sc3cccc(F)c3c2C)c1. The van der Waals surface area contributed by atoms with E-state index in [1.165, 1.54) is 39.9 Å². The fourth-order valence-electron chi connectivity index (χ4n) is 3.12. The van der Waals surface area contributed by atoms with E-state index in [1.807, 2.05) is 0 Å². The zero-order chi connectivity index (χ0) is 21.3. The molecule has 0 aliphatic rings. The van der Waals surface area contributed by atoms with Gasteiger partial charge in [-0.3, -0.25) is 4.79 Å². The van der Waals surface area contributed by atoms with Crippen molar-refractivity contribution in [1.82, 2.24) is 4.31 Å². The Bertz CT molecular complexity index is 1190. The summed E-state index contributed by atoms with van der Waals surface area (Å²) in [6.45, 7) is 5.84. The highest BCUT2D eigenvalue weighted by molar-refractivity contribution is 7.89. The van der Waals surface area contributed by atoms with E-state index in [2.05, 4.69) is 5.32 Å². The second-order valence-electron chi connectivity index (χ2n) is 6.35. The number of carbonyl (C=O) groups is 1. The molecule has 0 saturated carbocycles. The molecule has 0 fully saturated rings. The number of hydrogen-bond donors (Lipinski definition) is 1. The van der Waals surface area contributed by atoms with E-state index in [1.54, 1.807) is 32.9 Å². The summed E-state index contributed by atoms with van der Waals surface area (Å²) in [7, 11) is -3.70. The molecule has 1 N–H and O–H groups in total. The zero-order valence-electron chi connectivity index (χ0n) is 16.1. The molecule has 0 aliphatic heterocycles. The molecule has 0 bridgehead atoms. The molecule has 0 spiro atoms. The maximum atomic E-state index is 14.1. The van der Waals surface area contributed by atoms with Gasteiger partial charge in [-0.25, -0.2) is 12.8 Å². The number of sulfonamides is 1. The van der Waals surface area contributed by atoms with Crippen molar-refractivity contribution in [3.63, 3.8) is 0 Å². The van der Waals surface area contributed by atoms with Crippen LogP contribution < -0.4 is 5.32 Å². The Morgan fingerprint density at radius 1 is 1.21 bits per heavy atom. The van der Waals surface area contributed by atoms with Crippen molar-refractivity contribution in [3.8, 4) is 0 Å². The molecule has 0 radical (unpaired) electrons. The Hall–Kier alpha value is -2.00. The van der Waals surface area contributed by atoms with Crippen LogP contribution in [-0.4, -0.2) is 31.7 Å². The van der Waals surface area contributed by atoms with Crippen LogP contribution in [0.1, 0.15) is 29.1 Å². The third kappa shape index (κ3) is 4.02. The van der Waals surface area contributed by atoms with Gasteiger partial charge in [0.1, 0.15) is 5.82 Å².